The van der Waals surface area contributed by atoms with Crippen LogP contribution in [0, 0.1) is 5.82 Å². The molecule has 0 saturated carbocycles. The van der Waals surface area contributed by atoms with Gasteiger partial charge in [0.25, 0.3) is 0 Å². The zero-order valence-electron chi connectivity index (χ0n) is 19.2. The number of rotatable bonds is 5. The van der Waals surface area contributed by atoms with Crippen LogP contribution in [0.15, 0.2) is 48.5 Å². The molecule has 2 N–H and O–H groups in total. The highest BCUT2D eigenvalue weighted by Gasteiger charge is 2.41. The second-order valence-electron chi connectivity index (χ2n) is 8.17. The molecule has 0 unspecified atom stereocenters. The fourth-order valence-corrected chi connectivity index (χ4v) is 4.11. The SMILES string of the molecule is COc1ccc(-c2c(F)c(C3(O)CCN(C(=O)N(C)O)CC3)nn2-c2ccc(OC)cc2)cc1. The van der Waals surface area contributed by atoms with Crippen LogP contribution >= 0.6 is 0 Å². The van der Waals surface area contributed by atoms with Gasteiger partial charge in [-0.3, -0.25) is 5.21 Å². The molecular formula is C24H27FN4O5. The van der Waals surface area contributed by atoms with E-state index in [-0.39, 0.29) is 37.3 Å². The van der Waals surface area contributed by atoms with E-state index in [4.69, 9.17) is 9.47 Å². The standard InChI is InChI=1S/C24H27FN4O5/c1-27(32)23(30)28-14-12-24(31,13-15-28)22-20(25)21(16-4-8-18(33-2)9-5-16)29(26-22)17-6-10-19(34-3)11-7-17/h4-11,31-32H,12-15H2,1-3H3. The molecule has 0 spiro atoms. The highest BCUT2D eigenvalue weighted by atomic mass is 19.1. The number of amides is 2. The Labute approximate surface area is 196 Å². The van der Waals surface area contributed by atoms with Crippen molar-refractivity contribution in [3.05, 3.63) is 60.0 Å². The van der Waals surface area contributed by atoms with Crippen molar-refractivity contribution in [1.29, 1.82) is 0 Å². The number of hydroxylamine groups is 2. The number of aliphatic hydroxyl groups is 1. The molecule has 1 fully saturated rings. The van der Waals surface area contributed by atoms with Crippen molar-refractivity contribution in [2.75, 3.05) is 34.4 Å². The van der Waals surface area contributed by atoms with Crippen LogP contribution < -0.4 is 9.47 Å². The Morgan fingerprint density at radius 3 is 2.06 bits per heavy atom. The van der Waals surface area contributed by atoms with Crippen molar-refractivity contribution in [3.8, 4) is 28.4 Å². The smallest absolute Gasteiger partial charge is 0.343 e. The number of aromatic nitrogens is 2. The third kappa shape index (κ3) is 4.29. The van der Waals surface area contributed by atoms with Gasteiger partial charge in [-0.15, -0.1) is 0 Å². The minimum atomic E-state index is -1.58. The van der Waals surface area contributed by atoms with Gasteiger partial charge in [-0.25, -0.2) is 18.9 Å². The van der Waals surface area contributed by atoms with Gasteiger partial charge in [0.15, 0.2) is 5.82 Å². The van der Waals surface area contributed by atoms with Crippen LogP contribution in [-0.4, -0.2) is 70.4 Å². The third-order valence-electron chi connectivity index (χ3n) is 6.09. The molecule has 2 heterocycles. The maximum Gasteiger partial charge on any atom is 0.343 e. The number of hydrogen-bond donors (Lipinski definition) is 2. The van der Waals surface area contributed by atoms with Crippen LogP contribution in [0.3, 0.4) is 0 Å². The number of ether oxygens (including phenoxy) is 2. The molecule has 2 aromatic carbocycles. The van der Waals surface area contributed by atoms with Gasteiger partial charge in [-0.05, 0) is 61.4 Å². The van der Waals surface area contributed by atoms with E-state index in [2.05, 4.69) is 5.10 Å². The maximum absolute atomic E-state index is 16.0. The summed E-state index contributed by atoms with van der Waals surface area (Å²) in [7, 11) is 4.35. The first-order valence-electron chi connectivity index (χ1n) is 10.8. The lowest BCUT2D eigenvalue weighted by atomic mass is 9.87. The predicted octanol–water partition coefficient (Wildman–Crippen LogP) is 3.42. The third-order valence-corrected chi connectivity index (χ3v) is 6.09. The first-order valence-corrected chi connectivity index (χ1v) is 10.8. The Hall–Kier alpha value is -3.63. The van der Waals surface area contributed by atoms with Crippen LogP contribution in [0.1, 0.15) is 18.5 Å². The molecule has 1 aliphatic heterocycles. The topological polar surface area (TPSA) is 100 Å². The minimum absolute atomic E-state index is 0.0746. The number of piperidine rings is 1. The van der Waals surface area contributed by atoms with E-state index in [1.54, 1.807) is 62.8 Å². The van der Waals surface area contributed by atoms with Gasteiger partial charge in [0.1, 0.15) is 28.5 Å². The van der Waals surface area contributed by atoms with Crippen molar-refractivity contribution in [3.63, 3.8) is 0 Å². The fraction of sp³-hybridized carbons (Fsp3) is 0.333. The van der Waals surface area contributed by atoms with Crippen LogP contribution in [0.4, 0.5) is 9.18 Å². The van der Waals surface area contributed by atoms with Crippen molar-refractivity contribution in [1.82, 2.24) is 19.7 Å². The lowest BCUT2D eigenvalue weighted by Gasteiger charge is -2.37. The molecule has 34 heavy (non-hydrogen) atoms. The van der Waals surface area contributed by atoms with Crippen molar-refractivity contribution >= 4 is 6.03 Å². The zero-order valence-corrected chi connectivity index (χ0v) is 19.2. The molecule has 9 nitrogen and oxygen atoms in total. The Kier molecular flexibility index (Phi) is 6.45. The average Bonchev–Trinajstić information content (AvgIpc) is 3.22. The lowest BCUT2D eigenvalue weighted by Crippen LogP contribution is -2.48. The Bertz CT molecular complexity index is 1150. The molecule has 1 aromatic heterocycles. The second kappa shape index (κ2) is 9.32. The predicted molar refractivity (Wildman–Crippen MR) is 122 cm³/mol. The van der Waals surface area contributed by atoms with Gasteiger partial charge in [0, 0.05) is 25.7 Å². The zero-order chi connectivity index (χ0) is 24.5. The summed E-state index contributed by atoms with van der Waals surface area (Å²) in [5.41, 5.74) is -0.308. The first-order chi connectivity index (χ1) is 16.3. The van der Waals surface area contributed by atoms with Gasteiger partial charge in [0.2, 0.25) is 0 Å². The Balaban J connectivity index is 1.76. The highest BCUT2D eigenvalue weighted by molar-refractivity contribution is 5.73. The number of benzene rings is 2. The van der Waals surface area contributed by atoms with Crippen molar-refractivity contribution in [2.45, 2.75) is 18.4 Å². The summed E-state index contributed by atoms with van der Waals surface area (Å²) in [6.45, 7) is 0.292. The maximum atomic E-state index is 16.0. The molecule has 1 saturated heterocycles. The van der Waals surface area contributed by atoms with Gasteiger partial charge < -0.3 is 19.5 Å². The van der Waals surface area contributed by atoms with Gasteiger partial charge in [0.05, 0.1) is 19.9 Å². The number of hydrogen-bond acceptors (Lipinski definition) is 6. The van der Waals surface area contributed by atoms with Crippen LogP contribution in [-0.2, 0) is 5.60 Å². The molecular weight excluding hydrogens is 443 g/mol. The van der Waals surface area contributed by atoms with Gasteiger partial charge in [-0.1, -0.05) is 0 Å². The molecule has 0 radical (unpaired) electrons. The Morgan fingerprint density at radius 2 is 1.56 bits per heavy atom. The van der Waals surface area contributed by atoms with E-state index in [0.29, 0.717) is 27.8 Å². The van der Waals surface area contributed by atoms with E-state index < -0.39 is 17.4 Å². The summed E-state index contributed by atoms with van der Waals surface area (Å²) in [5.74, 6) is 0.638. The number of carbonyl (C=O) groups excluding carboxylic acids is 1. The van der Waals surface area contributed by atoms with Gasteiger partial charge in [-0.2, -0.15) is 5.10 Å². The van der Waals surface area contributed by atoms with Crippen LogP contribution in [0.2, 0.25) is 0 Å². The van der Waals surface area contributed by atoms with E-state index in [1.807, 2.05) is 0 Å². The fourth-order valence-electron chi connectivity index (χ4n) is 4.11. The average molecular weight is 471 g/mol. The first kappa shape index (κ1) is 23.5. The quantitative estimate of drug-likeness (QED) is 0.438. The lowest BCUT2D eigenvalue weighted by molar-refractivity contribution is -0.0579. The Morgan fingerprint density at radius 1 is 1.03 bits per heavy atom. The molecule has 0 atom stereocenters. The van der Waals surface area contributed by atoms with E-state index in [9.17, 15) is 15.1 Å². The highest BCUT2D eigenvalue weighted by Crippen LogP contribution is 2.38. The summed E-state index contributed by atoms with van der Waals surface area (Å²) in [5, 5.41) is 25.8. The summed E-state index contributed by atoms with van der Waals surface area (Å²) in [6, 6.07) is 13.3. The van der Waals surface area contributed by atoms with Crippen LogP contribution in [0.25, 0.3) is 16.9 Å². The van der Waals surface area contributed by atoms with E-state index in [1.165, 1.54) is 16.6 Å². The number of methoxy groups -OCH3 is 2. The summed E-state index contributed by atoms with van der Waals surface area (Å²) >= 11 is 0. The molecule has 180 valence electrons. The molecule has 1 aliphatic rings. The van der Waals surface area contributed by atoms with Gasteiger partial charge >= 0.3 is 6.03 Å². The largest absolute Gasteiger partial charge is 0.497 e. The van der Waals surface area contributed by atoms with E-state index >= 15 is 4.39 Å². The normalized spacial score (nSPS) is 15.2. The monoisotopic (exact) mass is 470 g/mol. The number of urea groups is 1. The molecule has 0 aliphatic carbocycles. The van der Waals surface area contributed by atoms with Crippen LogP contribution in [0.5, 0.6) is 11.5 Å². The molecule has 0 bridgehead atoms. The summed E-state index contributed by atoms with van der Waals surface area (Å²) < 4.78 is 27.9. The number of carbonyl (C=O) groups is 1. The molecule has 4 rings (SSSR count). The molecule has 10 heteroatoms. The molecule has 2 amide bonds. The second-order valence-corrected chi connectivity index (χ2v) is 8.17. The number of likely N-dealkylation sites (tertiary alicyclic amines) is 1. The number of halogens is 1. The van der Waals surface area contributed by atoms with Crippen molar-refractivity contribution in [2.24, 2.45) is 0 Å². The molecule has 3 aromatic rings. The minimum Gasteiger partial charge on any atom is -0.497 e. The van der Waals surface area contributed by atoms with Crippen molar-refractivity contribution < 1.29 is 29.0 Å². The summed E-state index contributed by atoms with van der Waals surface area (Å²) in [6.07, 6.45) is 0.149. The van der Waals surface area contributed by atoms with E-state index in [0.717, 1.165) is 0 Å². The number of nitrogens with zero attached hydrogens (tertiary/aromatic N) is 4. The summed E-state index contributed by atoms with van der Waals surface area (Å²) in [4.78, 5) is 13.5.